The third kappa shape index (κ3) is 3.15. The first-order valence-electron chi connectivity index (χ1n) is 7.48. The van der Waals surface area contributed by atoms with Crippen molar-refractivity contribution in [2.75, 3.05) is 6.26 Å². The Kier molecular flexibility index (Phi) is 4.14. The third-order valence-corrected chi connectivity index (χ3v) is 4.74. The van der Waals surface area contributed by atoms with Crippen LogP contribution in [-0.4, -0.2) is 26.3 Å². The van der Waals surface area contributed by atoms with Gasteiger partial charge in [-0.1, -0.05) is 42.5 Å². The first kappa shape index (κ1) is 17.5. The summed E-state index contributed by atoms with van der Waals surface area (Å²) in [4.78, 5) is 11.8. The number of carbonyl (C=O) groups excluding carboxylic acids is 1. The van der Waals surface area contributed by atoms with Crippen molar-refractivity contribution in [2.45, 2.75) is 18.7 Å². The van der Waals surface area contributed by atoms with Gasteiger partial charge in [-0.05, 0) is 18.1 Å². The van der Waals surface area contributed by atoms with Gasteiger partial charge in [-0.2, -0.15) is 8.42 Å². The summed E-state index contributed by atoms with van der Waals surface area (Å²) < 4.78 is 42.1. The highest BCUT2D eigenvalue weighted by molar-refractivity contribution is 7.86. The van der Waals surface area contributed by atoms with E-state index in [1.54, 1.807) is 12.1 Å². The van der Waals surface area contributed by atoms with E-state index >= 15 is 0 Å². The molecule has 0 aromatic heterocycles. The van der Waals surface area contributed by atoms with Crippen LogP contribution in [0.2, 0.25) is 0 Å². The van der Waals surface area contributed by atoms with Gasteiger partial charge in [0.15, 0.2) is 0 Å². The number of hydrogen-bond acceptors (Lipinski definition) is 5. The molecule has 3 N–H and O–H groups in total. The van der Waals surface area contributed by atoms with Gasteiger partial charge in [0.25, 0.3) is 16.0 Å². The van der Waals surface area contributed by atoms with Crippen molar-refractivity contribution >= 4 is 16.0 Å². The Hall–Kier alpha value is -2.29. The van der Waals surface area contributed by atoms with Crippen molar-refractivity contribution < 1.29 is 21.8 Å². The van der Waals surface area contributed by atoms with Gasteiger partial charge < -0.3 is 5.73 Å². The molecule has 0 fully saturated rings. The number of nitrogens with two attached hydrogens (primary N) is 1. The van der Waals surface area contributed by atoms with Gasteiger partial charge in [-0.25, -0.2) is 8.57 Å². The fourth-order valence-corrected chi connectivity index (χ4v) is 3.66. The molecule has 4 rings (SSSR count). The van der Waals surface area contributed by atoms with Crippen LogP contribution in [0.5, 0.6) is 0 Å². The second-order valence-electron chi connectivity index (χ2n) is 6.06. The minimum Gasteiger partial charge on any atom is -0.366 e. The van der Waals surface area contributed by atoms with Crippen LogP contribution < -0.4 is 11.1 Å². The Morgan fingerprint density at radius 1 is 1.24 bits per heavy atom. The Morgan fingerprint density at radius 2 is 1.88 bits per heavy atom. The molecular formula is C17H17FN2O4S. The van der Waals surface area contributed by atoms with Crippen molar-refractivity contribution in [1.82, 2.24) is 5.32 Å². The van der Waals surface area contributed by atoms with Crippen LogP contribution in [0.15, 0.2) is 42.5 Å². The molecule has 0 spiro atoms. The fourth-order valence-electron chi connectivity index (χ4n) is 2.93. The summed E-state index contributed by atoms with van der Waals surface area (Å²) in [6.07, 6.45) is 0.811. The number of carbonyl (C=O) groups is 1. The maximum Gasteiger partial charge on any atom is 0.266 e. The standard InChI is InChI=1S/C17H17FN2O4S/c1-17(16(19)21,24-25(2,22)23)20-15-12-9-8-11(13(15)14(12)18)10-6-4-3-5-7-10/h3-9,15,20H,1-2H3,(H2,19,21)/t15-,17-/m0/s1. The highest BCUT2D eigenvalue weighted by Crippen LogP contribution is 2.45. The number of halogens is 1. The monoisotopic (exact) mass is 364 g/mol. The van der Waals surface area contributed by atoms with Crippen molar-refractivity contribution in [1.29, 1.82) is 0 Å². The molecule has 0 heterocycles. The molecule has 132 valence electrons. The summed E-state index contributed by atoms with van der Waals surface area (Å²) >= 11 is 0. The summed E-state index contributed by atoms with van der Waals surface area (Å²) in [5.41, 5.74) is 5.42. The van der Waals surface area contributed by atoms with E-state index in [0.717, 1.165) is 11.8 Å². The van der Waals surface area contributed by atoms with Gasteiger partial charge in [-0.3, -0.25) is 10.1 Å². The number of primary amides is 1. The predicted octanol–water partition coefficient (Wildman–Crippen LogP) is 1.66. The van der Waals surface area contributed by atoms with E-state index in [1.165, 1.54) is 6.92 Å². The van der Waals surface area contributed by atoms with Gasteiger partial charge in [0.1, 0.15) is 5.82 Å². The highest BCUT2D eigenvalue weighted by Gasteiger charge is 2.44. The minimum atomic E-state index is -3.97. The molecule has 2 aliphatic carbocycles. The van der Waals surface area contributed by atoms with E-state index in [-0.39, 0.29) is 0 Å². The van der Waals surface area contributed by atoms with Crippen LogP contribution in [0.25, 0.3) is 11.1 Å². The van der Waals surface area contributed by atoms with E-state index in [1.807, 2.05) is 30.3 Å². The first-order valence-corrected chi connectivity index (χ1v) is 9.30. The van der Waals surface area contributed by atoms with Crippen LogP contribution in [0.4, 0.5) is 4.39 Å². The van der Waals surface area contributed by atoms with Gasteiger partial charge in [-0.15, -0.1) is 0 Å². The molecule has 2 bridgehead atoms. The molecule has 0 unspecified atom stereocenters. The molecular weight excluding hydrogens is 347 g/mol. The Bertz CT molecular complexity index is 947. The van der Waals surface area contributed by atoms with Crippen molar-refractivity contribution in [3.05, 3.63) is 59.4 Å². The molecule has 1 amide bonds. The summed E-state index contributed by atoms with van der Waals surface area (Å²) in [5, 5.41) is 2.74. The average Bonchev–Trinajstić information content (AvgIpc) is 2.54. The average molecular weight is 364 g/mol. The number of amides is 1. The van der Waals surface area contributed by atoms with Crippen molar-refractivity contribution in [2.24, 2.45) is 5.73 Å². The molecule has 8 heteroatoms. The number of fused-ring (bicyclic) bond motifs is 2. The van der Waals surface area contributed by atoms with E-state index in [0.29, 0.717) is 16.7 Å². The lowest BCUT2D eigenvalue weighted by molar-refractivity contribution is -0.135. The zero-order valence-corrected chi connectivity index (χ0v) is 14.4. The van der Waals surface area contributed by atoms with E-state index < -0.39 is 33.6 Å². The maximum atomic E-state index is 14.4. The normalized spacial score (nSPS) is 18.3. The van der Waals surface area contributed by atoms with E-state index in [2.05, 4.69) is 5.32 Å². The molecule has 0 aliphatic heterocycles. The second kappa shape index (κ2) is 5.91. The minimum absolute atomic E-state index is 0.319. The van der Waals surface area contributed by atoms with Crippen LogP contribution >= 0.6 is 0 Å². The molecule has 2 atom stereocenters. The SMILES string of the molecule is C[C@](N[C@H]1c2ccc(-c3ccccc3)c1c2F)(OS(C)(=O)=O)C(N)=O. The summed E-state index contributed by atoms with van der Waals surface area (Å²) in [6, 6.07) is 11.8. The lowest BCUT2D eigenvalue weighted by Gasteiger charge is -2.38. The molecule has 0 saturated heterocycles. The number of rotatable bonds is 6. The Balaban J connectivity index is 1.97. The molecule has 2 aromatic rings. The molecule has 2 aromatic carbocycles. The molecule has 0 saturated carbocycles. The van der Waals surface area contributed by atoms with E-state index in [9.17, 15) is 17.6 Å². The molecule has 6 nitrogen and oxygen atoms in total. The summed E-state index contributed by atoms with van der Waals surface area (Å²) in [5.74, 6) is -1.42. The smallest absolute Gasteiger partial charge is 0.266 e. The largest absolute Gasteiger partial charge is 0.366 e. The zero-order valence-electron chi connectivity index (χ0n) is 13.6. The topological polar surface area (TPSA) is 98.5 Å². The van der Waals surface area contributed by atoms with Crippen LogP contribution in [0, 0.1) is 5.82 Å². The highest BCUT2D eigenvalue weighted by atomic mass is 32.2. The van der Waals surface area contributed by atoms with Gasteiger partial charge >= 0.3 is 0 Å². The van der Waals surface area contributed by atoms with Gasteiger partial charge in [0.05, 0.1) is 12.3 Å². The van der Waals surface area contributed by atoms with Crippen LogP contribution in [0.1, 0.15) is 24.1 Å². The summed E-state index contributed by atoms with van der Waals surface area (Å²) in [6.45, 7) is 1.20. The Morgan fingerprint density at radius 3 is 2.40 bits per heavy atom. The Labute approximate surface area is 144 Å². The molecule has 2 aliphatic rings. The lowest BCUT2D eigenvalue weighted by atomic mass is 9.79. The number of nitrogens with one attached hydrogen (secondary N) is 1. The predicted molar refractivity (Wildman–Crippen MR) is 90.3 cm³/mol. The zero-order chi connectivity index (χ0) is 18.4. The quantitative estimate of drug-likeness (QED) is 0.600. The van der Waals surface area contributed by atoms with Crippen LogP contribution in [-0.2, 0) is 19.1 Å². The summed E-state index contributed by atoms with van der Waals surface area (Å²) in [7, 11) is -3.97. The van der Waals surface area contributed by atoms with Crippen molar-refractivity contribution in [3.63, 3.8) is 0 Å². The maximum absolute atomic E-state index is 14.4. The third-order valence-electron chi connectivity index (χ3n) is 4.10. The fraction of sp³-hybridized carbons (Fsp3) is 0.235. The molecule has 0 radical (unpaired) electrons. The van der Waals surface area contributed by atoms with Gasteiger partial charge in [0.2, 0.25) is 5.72 Å². The molecule has 25 heavy (non-hydrogen) atoms. The lowest BCUT2D eigenvalue weighted by Crippen LogP contribution is -2.58. The number of benzene rings is 2. The van der Waals surface area contributed by atoms with Gasteiger partial charge in [0, 0.05) is 11.1 Å². The number of hydrogen-bond donors (Lipinski definition) is 2. The van der Waals surface area contributed by atoms with Crippen LogP contribution in [0.3, 0.4) is 0 Å². The van der Waals surface area contributed by atoms with Crippen molar-refractivity contribution in [3.8, 4) is 11.1 Å². The first-order chi connectivity index (χ1) is 11.6. The second-order valence-corrected chi connectivity index (χ2v) is 7.63. The van der Waals surface area contributed by atoms with E-state index in [4.69, 9.17) is 9.92 Å².